The predicted octanol–water partition coefficient (Wildman–Crippen LogP) is 0.635. The minimum Gasteiger partial charge on any atom is -0.443 e. The highest BCUT2D eigenvalue weighted by Crippen LogP contribution is 2.26. The van der Waals surface area contributed by atoms with Crippen LogP contribution in [0, 0.1) is 0 Å². The maximum Gasteiger partial charge on any atom is 0.181 e. The molecule has 17 heavy (non-hydrogen) atoms. The van der Waals surface area contributed by atoms with Crippen LogP contribution in [0.1, 0.15) is 0 Å². The summed E-state index contributed by atoms with van der Waals surface area (Å²) in [7, 11) is -7.30. The van der Waals surface area contributed by atoms with Crippen molar-refractivity contribution < 1.29 is 21.3 Å². The molecule has 1 heterocycles. The Hall–Kier alpha value is -1.41. The van der Waals surface area contributed by atoms with E-state index in [0.717, 1.165) is 18.9 Å². The Kier molecular flexibility index (Phi) is 2.51. The normalized spacial score (nSPS) is 13.1. The highest BCUT2D eigenvalue weighted by molar-refractivity contribution is 7.93. The molecule has 0 spiro atoms. The van der Waals surface area contributed by atoms with Crippen molar-refractivity contribution in [2.75, 3.05) is 12.5 Å². The van der Waals surface area contributed by atoms with E-state index in [1.807, 2.05) is 0 Å². The van der Waals surface area contributed by atoms with Crippen LogP contribution in [0.5, 0.6) is 0 Å². The number of hydrogen-bond acceptors (Lipinski definition) is 6. The summed E-state index contributed by atoms with van der Waals surface area (Å²) in [5, 5.41) is 0. The zero-order valence-corrected chi connectivity index (χ0v) is 10.7. The van der Waals surface area contributed by atoms with Gasteiger partial charge >= 0.3 is 0 Å². The van der Waals surface area contributed by atoms with Crippen LogP contribution >= 0.6 is 0 Å². The highest BCUT2D eigenvalue weighted by Gasteiger charge is 2.22. The minimum atomic E-state index is -3.65. The van der Waals surface area contributed by atoms with Gasteiger partial charge in [-0.05, 0) is 6.07 Å². The highest BCUT2D eigenvalue weighted by atomic mass is 32.2. The maximum atomic E-state index is 11.5. The molecule has 0 radical (unpaired) electrons. The second-order valence-corrected chi connectivity index (χ2v) is 7.63. The van der Waals surface area contributed by atoms with E-state index in [1.165, 1.54) is 12.1 Å². The van der Waals surface area contributed by atoms with Gasteiger partial charge in [-0.1, -0.05) is 0 Å². The van der Waals surface area contributed by atoms with Crippen molar-refractivity contribution in [3.05, 3.63) is 18.5 Å². The third-order valence-corrected chi connectivity index (χ3v) is 4.60. The number of rotatable bonds is 2. The van der Waals surface area contributed by atoms with Gasteiger partial charge in [0.05, 0.1) is 9.79 Å². The first-order valence-corrected chi connectivity index (χ1v) is 8.25. The Bertz CT molecular complexity index is 720. The summed E-state index contributed by atoms with van der Waals surface area (Å²) >= 11 is 0. The Labute approximate surface area is 98.1 Å². The van der Waals surface area contributed by atoms with Gasteiger partial charge in [-0.2, -0.15) is 0 Å². The molecule has 0 aliphatic heterocycles. The van der Waals surface area contributed by atoms with Gasteiger partial charge in [-0.25, -0.2) is 21.8 Å². The summed E-state index contributed by atoms with van der Waals surface area (Å²) in [5.74, 6) is 0. The second-order valence-electron chi connectivity index (χ2n) is 3.66. The van der Waals surface area contributed by atoms with Crippen molar-refractivity contribution in [3.8, 4) is 0 Å². The van der Waals surface area contributed by atoms with Crippen LogP contribution < -0.4 is 0 Å². The minimum absolute atomic E-state index is 0.234. The van der Waals surface area contributed by atoms with E-state index in [-0.39, 0.29) is 15.4 Å². The molecule has 0 saturated carbocycles. The number of hydrogen-bond donors (Lipinski definition) is 0. The predicted molar refractivity (Wildman–Crippen MR) is 60.2 cm³/mol. The van der Waals surface area contributed by atoms with Crippen molar-refractivity contribution in [3.63, 3.8) is 0 Å². The molecule has 1 aromatic heterocycles. The quantitative estimate of drug-likeness (QED) is 0.798. The zero-order chi connectivity index (χ0) is 12.8. The summed E-state index contributed by atoms with van der Waals surface area (Å²) in [6.07, 6.45) is 3.02. The SMILES string of the molecule is CS(=O)(=O)c1cc2ncoc2cc1S(C)(=O)=O. The molecule has 2 rings (SSSR count). The van der Waals surface area contributed by atoms with Crippen molar-refractivity contribution in [1.82, 2.24) is 4.98 Å². The standard InChI is InChI=1S/C9H9NO5S2/c1-16(11,12)8-3-6-7(15-5-10-6)4-9(8)17(2,13)14/h3-5H,1-2H3. The molecule has 0 aliphatic rings. The van der Waals surface area contributed by atoms with Gasteiger partial charge in [0, 0.05) is 18.6 Å². The fourth-order valence-corrected chi connectivity index (χ4v) is 3.85. The Morgan fingerprint density at radius 3 is 2.06 bits per heavy atom. The zero-order valence-electron chi connectivity index (χ0n) is 9.04. The largest absolute Gasteiger partial charge is 0.443 e. The average molecular weight is 275 g/mol. The summed E-state index contributed by atoms with van der Waals surface area (Å²) in [6, 6.07) is 2.37. The van der Waals surface area contributed by atoms with Crippen molar-refractivity contribution in [2.45, 2.75) is 9.79 Å². The summed E-state index contributed by atoms with van der Waals surface area (Å²) in [6.45, 7) is 0. The lowest BCUT2D eigenvalue weighted by atomic mass is 10.3. The van der Waals surface area contributed by atoms with Crippen LogP contribution in [0.15, 0.2) is 32.7 Å². The molecule has 1 aromatic carbocycles. The van der Waals surface area contributed by atoms with E-state index in [1.54, 1.807) is 0 Å². The van der Waals surface area contributed by atoms with Crippen molar-refractivity contribution >= 4 is 30.8 Å². The molecule has 2 aromatic rings. The first kappa shape index (κ1) is 12.1. The molecule has 92 valence electrons. The third kappa shape index (κ3) is 2.18. The molecule has 0 fully saturated rings. The molecule has 8 heteroatoms. The van der Waals surface area contributed by atoms with E-state index >= 15 is 0 Å². The first-order valence-electron chi connectivity index (χ1n) is 4.47. The summed E-state index contributed by atoms with van der Waals surface area (Å²) in [5.41, 5.74) is 0.538. The van der Waals surface area contributed by atoms with Crippen LogP contribution in [0.2, 0.25) is 0 Å². The van der Waals surface area contributed by atoms with Gasteiger partial charge in [-0.15, -0.1) is 0 Å². The topological polar surface area (TPSA) is 94.3 Å². The Morgan fingerprint density at radius 2 is 1.53 bits per heavy atom. The van der Waals surface area contributed by atoms with Gasteiger partial charge in [0.2, 0.25) is 0 Å². The number of aromatic nitrogens is 1. The van der Waals surface area contributed by atoms with Gasteiger partial charge in [-0.3, -0.25) is 0 Å². The van der Waals surface area contributed by atoms with E-state index in [0.29, 0.717) is 5.52 Å². The van der Waals surface area contributed by atoms with Gasteiger partial charge in [0.25, 0.3) is 0 Å². The molecular weight excluding hydrogens is 266 g/mol. The van der Waals surface area contributed by atoms with Gasteiger partial charge in [0.1, 0.15) is 5.52 Å². The van der Waals surface area contributed by atoms with Crippen LogP contribution in [0.25, 0.3) is 11.1 Å². The van der Waals surface area contributed by atoms with E-state index in [4.69, 9.17) is 4.42 Å². The molecule has 0 amide bonds. The Morgan fingerprint density at radius 1 is 1.00 bits per heavy atom. The molecular formula is C9H9NO5S2. The number of benzene rings is 1. The summed E-state index contributed by atoms with van der Waals surface area (Å²) in [4.78, 5) is 3.25. The second kappa shape index (κ2) is 3.54. The van der Waals surface area contributed by atoms with E-state index < -0.39 is 19.7 Å². The number of nitrogens with zero attached hydrogens (tertiary/aromatic N) is 1. The van der Waals surface area contributed by atoms with Gasteiger partial charge < -0.3 is 4.42 Å². The number of oxazole rings is 1. The molecule has 6 nitrogen and oxygen atoms in total. The molecule has 0 saturated heterocycles. The molecule has 0 unspecified atom stereocenters. The Balaban J connectivity index is 2.98. The van der Waals surface area contributed by atoms with E-state index in [9.17, 15) is 16.8 Å². The van der Waals surface area contributed by atoms with Crippen LogP contribution in [-0.4, -0.2) is 34.3 Å². The van der Waals surface area contributed by atoms with Crippen molar-refractivity contribution in [2.24, 2.45) is 0 Å². The lowest BCUT2D eigenvalue weighted by Crippen LogP contribution is -2.07. The smallest absolute Gasteiger partial charge is 0.181 e. The monoisotopic (exact) mass is 275 g/mol. The third-order valence-electron chi connectivity index (χ3n) is 2.20. The van der Waals surface area contributed by atoms with Crippen LogP contribution in [-0.2, 0) is 19.7 Å². The number of fused-ring (bicyclic) bond motifs is 1. The lowest BCUT2D eigenvalue weighted by Gasteiger charge is -2.05. The van der Waals surface area contributed by atoms with E-state index in [2.05, 4.69) is 4.98 Å². The fraction of sp³-hybridized carbons (Fsp3) is 0.222. The molecule has 0 bridgehead atoms. The van der Waals surface area contributed by atoms with Crippen LogP contribution in [0.4, 0.5) is 0 Å². The maximum absolute atomic E-state index is 11.5. The van der Waals surface area contributed by atoms with Crippen LogP contribution in [0.3, 0.4) is 0 Å². The average Bonchev–Trinajstić information content (AvgIpc) is 2.59. The molecule has 0 N–H and O–H groups in total. The summed E-state index contributed by atoms with van der Waals surface area (Å²) < 4.78 is 51.1. The number of sulfone groups is 2. The molecule has 0 atom stereocenters. The van der Waals surface area contributed by atoms with Gasteiger partial charge in [0.15, 0.2) is 31.7 Å². The fourth-order valence-electron chi connectivity index (χ4n) is 1.45. The lowest BCUT2D eigenvalue weighted by molar-refractivity contribution is 0.586. The molecule has 0 aliphatic carbocycles. The first-order chi connectivity index (χ1) is 7.69. The van der Waals surface area contributed by atoms with Crippen molar-refractivity contribution in [1.29, 1.82) is 0 Å².